The quantitative estimate of drug-likeness (QED) is 0.0725. The Morgan fingerprint density at radius 3 is 1.66 bits per heavy atom. The Hall–Kier alpha value is -6.48. The fourth-order valence-electron chi connectivity index (χ4n) is 6.17. The number of aldehydes is 1. The summed E-state index contributed by atoms with van der Waals surface area (Å²) in [6, 6.07) is 30.0. The molecule has 5 aromatic carbocycles. The van der Waals surface area contributed by atoms with Crippen molar-refractivity contribution in [1.82, 2.24) is 4.90 Å². The number of imide groups is 2. The molecular weight excluding hydrogens is 632 g/mol. The molecule has 0 radical (unpaired) electrons. The molecule has 2 heterocycles. The fraction of sp³-hybridized carbons (Fsp3) is 0.122. The molecule has 0 unspecified atom stereocenters. The van der Waals surface area contributed by atoms with Crippen LogP contribution >= 0.6 is 0 Å². The summed E-state index contributed by atoms with van der Waals surface area (Å²) in [6.45, 7) is 5.63. The molecule has 0 aliphatic carbocycles. The van der Waals surface area contributed by atoms with E-state index in [0.29, 0.717) is 45.5 Å². The predicted molar refractivity (Wildman–Crippen MR) is 187 cm³/mol. The van der Waals surface area contributed by atoms with Crippen LogP contribution in [0.2, 0.25) is 0 Å². The van der Waals surface area contributed by atoms with Crippen molar-refractivity contribution < 1.29 is 33.5 Å². The van der Waals surface area contributed by atoms with Crippen LogP contribution in [0.4, 0.5) is 5.69 Å². The third kappa shape index (κ3) is 5.38. The Morgan fingerprint density at radius 1 is 0.620 bits per heavy atom. The van der Waals surface area contributed by atoms with Gasteiger partial charge in [-0.1, -0.05) is 55.5 Å². The van der Waals surface area contributed by atoms with Crippen molar-refractivity contribution in [1.29, 1.82) is 0 Å². The summed E-state index contributed by atoms with van der Waals surface area (Å²) in [5, 5.41) is 0. The van der Waals surface area contributed by atoms with Crippen LogP contribution in [0.5, 0.6) is 5.75 Å². The predicted octanol–water partition coefficient (Wildman–Crippen LogP) is 7.64. The van der Waals surface area contributed by atoms with E-state index in [1.54, 1.807) is 72.8 Å². The van der Waals surface area contributed by atoms with Gasteiger partial charge in [-0.25, -0.2) is 9.69 Å². The minimum Gasteiger partial charge on any atom is -0.423 e. The van der Waals surface area contributed by atoms with E-state index in [0.717, 1.165) is 22.3 Å². The number of hydrogen-bond donors (Lipinski definition) is 0. The molecule has 5 aromatic rings. The monoisotopic (exact) mass is 662 g/mol. The number of rotatable bonds is 8. The van der Waals surface area contributed by atoms with Gasteiger partial charge in [0.15, 0.2) is 0 Å². The summed E-state index contributed by atoms with van der Waals surface area (Å²) in [4.78, 5) is 79.4. The van der Waals surface area contributed by atoms with E-state index in [9.17, 15) is 28.8 Å². The molecule has 4 amide bonds. The third-order valence-corrected chi connectivity index (χ3v) is 9.38. The van der Waals surface area contributed by atoms with Gasteiger partial charge in [0, 0.05) is 11.1 Å². The molecule has 2 aliphatic rings. The number of benzene rings is 5. The highest BCUT2D eigenvalue weighted by Crippen LogP contribution is 2.36. The average molecular weight is 663 g/mol. The topological polar surface area (TPSA) is 118 Å². The van der Waals surface area contributed by atoms with Crippen LogP contribution in [0.25, 0.3) is 22.3 Å². The van der Waals surface area contributed by atoms with E-state index >= 15 is 0 Å². The van der Waals surface area contributed by atoms with Gasteiger partial charge >= 0.3 is 5.97 Å². The summed E-state index contributed by atoms with van der Waals surface area (Å²) >= 11 is 0. The van der Waals surface area contributed by atoms with Crippen molar-refractivity contribution in [3.05, 3.63) is 143 Å². The Balaban J connectivity index is 1.06. The average Bonchev–Trinajstić information content (AvgIpc) is 3.55. The van der Waals surface area contributed by atoms with Gasteiger partial charge < -0.3 is 4.74 Å². The van der Waals surface area contributed by atoms with E-state index in [2.05, 4.69) is 0 Å². The Bertz CT molecular complexity index is 2250. The van der Waals surface area contributed by atoms with E-state index in [-0.39, 0.29) is 28.7 Å². The number of nitrogens with zero attached hydrogens (tertiary/aromatic N) is 2. The van der Waals surface area contributed by atoms with Crippen molar-refractivity contribution in [3.8, 4) is 28.0 Å². The molecule has 0 fully saturated rings. The molecule has 9 heteroatoms. The van der Waals surface area contributed by atoms with Gasteiger partial charge in [-0.15, -0.1) is 0 Å². The lowest BCUT2D eigenvalue weighted by atomic mass is 9.97. The lowest BCUT2D eigenvalue weighted by Crippen LogP contribution is -2.47. The normalized spacial score (nSPS) is 13.8. The van der Waals surface area contributed by atoms with Crippen molar-refractivity contribution in [3.63, 3.8) is 0 Å². The molecule has 0 N–H and O–H groups in total. The van der Waals surface area contributed by atoms with Crippen molar-refractivity contribution in [2.75, 3.05) is 4.90 Å². The lowest BCUT2D eigenvalue weighted by Gasteiger charge is -2.32. The highest BCUT2D eigenvalue weighted by atomic mass is 16.5. The van der Waals surface area contributed by atoms with Crippen LogP contribution in [-0.2, 0) is 0 Å². The SMILES string of the molecule is CCC(C)(C)N1C(=O)c2ccc(-c3ccc4c(c3)C(=O)N(c3ccc(OC(=O)c5ccc(-c6ccc(C=O)cc6)cc5)cc3)C4=O)cc2C1=O. The van der Waals surface area contributed by atoms with Gasteiger partial charge in [-0.3, -0.25) is 28.9 Å². The first kappa shape index (κ1) is 32.1. The molecule has 0 bridgehead atoms. The van der Waals surface area contributed by atoms with Crippen molar-refractivity contribution in [2.24, 2.45) is 0 Å². The van der Waals surface area contributed by atoms with Gasteiger partial charge in [0.1, 0.15) is 12.0 Å². The Labute approximate surface area is 287 Å². The highest BCUT2D eigenvalue weighted by molar-refractivity contribution is 6.34. The molecule has 0 spiro atoms. The smallest absolute Gasteiger partial charge is 0.343 e. The van der Waals surface area contributed by atoms with E-state index < -0.39 is 23.3 Å². The maximum atomic E-state index is 13.6. The van der Waals surface area contributed by atoms with Crippen LogP contribution in [0, 0.1) is 0 Å². The second kappa shape index (κ2) is 12.2. The molecule has 246 valence electrons. The summed E-state index contributed by atoms with van der Waals surface area (Å²) in [5.74, 6) is -2.04. The molecule has 0 aromatic heterocycles. The van der Waals surface area contributed by atoms with Gasteiger partial charge in [0.25, 0.3) is 23.6 Å². The first-order valence-electron chi connectivity index (χ1n) is 16.0. The van der Waals surface area contributed by atoms with Crippen LogP contribution < -0.4 is 9.64 Å². The Kier molecular flexibility index (Phi) is 7.83. The van der Waals surface area contributed by atoms with Gasteiger partial charge in [0.05, 0.1) is 33.5 Å². The number of ether oxygens (including phenoxy) is 1. The maximum absolute atomic E-state index is 13.6. The van der Waals surface area contributed by atoms with Gasteiger partial charge in [-0.05, 0) is 103 Å². The first-order valence-corrected chi connectivity index (χ1v) is 16.0. The number of hydrogen-bond acceptors (Lipinski definition) is 7. The first-order chi connectivity index (χ1) is 24.0. The molecule has 0 saturated carbocycles. The fourth-order valence-corrected chi connectivity index (χ4v) is 6.17. The number of carbonyl (C=O) groups is 6. The molecule has 0 saturated heterocycles. The molecule has 7 rings (SSSR count). The van der Waals surface area contributed by atoms with E-state index in [1.807, 2.05) is 32.9 Å². The molecule has 2 aliphatic heterocycles. The van der Waals surface area contributed by atoms with Crippen molar-refractivity contribution in [2.45, 2.75) is 32.7 Å². The number of amides is 4. The van der Waals surface area contributed by atoms with Crippen LogP contribution in [-0.4, -0.2) is 46.3 Å². The van der Waals surface area contributed by atoms with Crippen LogP contribution in [0.15, 0.2) is 109 Å². The molecule has 50 heavy (non-hydrogen) atoms. The number of carbonyl (C=O) groups excluding carboxylic acids is 6. The number of esters is 1. The summed E-state index contributed by atoms with van der Waals surface area (Å²) < 4.78 is 5.54. The maximum Gasteiger partial charge on any atom is 0.343 e. The summed E-state index contributed by atoms with van der Waals surface area (Å²) in [5.41, 5.74) is 4.69. The minimum absolute atomic E-state index is 0.211. The lowest BCUT2D eigenvalue weighted by molar-refractivity contribution is 0.0473. The van der Waals surface area contributed by atoms with Crippen molar-refractivity contribution >= 4 is 41.6 Å². The van der Waals surface area contributed by atoms with Gasteiger partial charge in [-0.2, -0.15) is 0 Å². The second-order valence-corrected chi connectivity index (χ2v) is 12.8. The molecule has 9 nitrogen and oxygen atoms in total. The second-order valence-electron chi connectivity index (χ2n) is 12.8. The molecule has 0 atom stereocenters. The van der Waals surface area contributed by atoms with Gasteiger partial charge in [0.2, 0.25) is 0 Å². The van der Waals surface area contributed by atoms with E-state index in [1.165, 1.54) is 29.2 Å². The Morgan fingerprint density at radius 2 is 1.10 bits per heavy atom. The zero-order valence-corrected chi connectivity index (χ0v) is 27.4. The highest BCUT2D eigenvalue weighted by Gasteiger charge is 2.43. The molecular formula is C41H30N2O7. The zero-order valence-electron chi connectivity index (χ0n) is 27.4. The zero-order chi connectivity index (χ0) is 35.3. The van der Waals surface area contributed by atoms with Crippen LogP contribution in [0.1, 0.15) is 89.3 Å². The van der Waals surface area contributed by atoms with E-state index in [4.69, 9.17) is 4.74 Å². The largest absolute Gasteiger partial charge is 0.423 e. The third-order valence-electron chi connectivity index (χ3n) is 9.38. The minimum atomic E-state index is -0.641. The standard InChI is InChI=1S/C41H30N2O7/c1-4-41(2,3)43-38(47)33-20-14-29(22-35(33)39(43)48)28-13-19-32-34(21-28)37(46)42(36(32)45)30-15-17-31(18-16-30)50-40(49)27-11-9-26(10-12-27)25-7-5-24(23-44)6-8-25/h5-23H,4H2,1-3H3. The number of anilines is 1. The summed E-state index contributed by atoms with van der Waals surface area (Å²) in [6.07, 6.45) is 1.38. The van der Waals surface area contributed by atoms with Crippen LogP contribution in [0.3, 0.4) is 0 Å². The summed E-state index contributed by atoms with van der Waals surface area (Å²) in [7, 11) is 0. The number of fused-ring (bicyclic) bond motifs is 2.